The van der Waals surface area contributed by atoms with Gasteiger partial charge in [-0.2, -0.15) is 0 Å². The first-order chi connectivity index (χ1) is 6.87. The summed E-state index contributed by atoms with van der Waals surface area (Å²) in [5.74, 6) is 0. The zero-order chi connectivity index (χ0) is 11.5. The van der Waals surface area contributed by atoms with Crippen LogP contribution in [0.5, 0.6) is 0 Å². The summed E-state index contributed by atoms with van der Waals surface area (Å²) in [6.45, 7) is 4.28. The van der Waals surface area contributed by atoms with Gasteiger partial charge in [0.1, 0.15) is 0 Å². The Labute approximate surface area is 92.9 Å². The third-order valence-electron chi connectivity index (χ3n) is 2.68. The minimum Gasteiger partial charge on any atom is -0.312 e. The number of hydrogen-bond donors (Lipinski definition) is 2. The van der Waals surface area contributed by atoms with E-state index in [1.807, 2.05) is 0 Å². The van der Waals surface area contributed by atoms with Crippen LogP contribution in [0.15, 0.2) is 0 Å². The molecule has 1 rings (SSSR count). The van der Waals surface area contributed by atoms with Crippen molar-refractivity contribution in [1.29, 1.82) is 0 Å². The highest BCUT2D eigenvalue weighted by Gasteiger charge is 2.23. The third kappa shape index (κ3) is 5.49. The molecule has 0 bridgehead atoms. The Morgan fingerprint density at radius 3 is 1.93 bits per heavy atom. The van der Waals surface area contributed by atoms with Crippen molar-refractivity contribution in [2.24, 2.45) is 0 Å². The van der Waals surface area contributed by atoms with Crippen molar-refractivity contribution in [3.63, 3.8) is 0 Å². The lowest BCUT2D eigenvalue weighted by atomic mass is 9.91. The average molecular weight is 234 g/mol. The van der Waals surface area contributed by atoms with Crippen molar-refractivity contribution in [2.75, 3.05) is 6.26 Å². The van der Waals surface area contributed by atoms with E-state index in [2.05, 4.69) is 23.9 Å². The molecule has 0 atom stereocenters. The molecule has 0 unspecified atom stereocenters. The normalized spacial score (nSPS) is 28.3. The highest BCUT2D eigenvalue weighted by atomic mass is 32.2. The Kier molecular flexibility index (Phi) is 4.55. The van der Waals surface area contributed by atoms with Gasteiger partial charge in [-0.3, -0.25) is 0 Å². The van der Waals surface area contributed by atoms with E-state index in [1.165, 1.54) is 6.26 Å². The molecule has 0 amide bonds. The highest BCUT2D eigenvalue weighted by Crippen LogP contribution is 2.19. The predicted octanol–water partition coefficient (Wildman–Crippen LogP) is 0.845. The lowest BCUT2D eigenvalue weighted by Gasteiger charge is -2.30. The molecule has 4 nitrogen and oxygen atoms in total. The summed E-state index contributed by atoms with van der Waals surface area (Å²) < 4.78 is 24.7. The lowest BCUT2D eigenvalue weighted by molar-refractivity contribution is 0.315. The molecule has 0 aromatic heterocycles. The van der Waals surface area contributed by atoms with Crippen molar-refractivity contribution in [1.82, 2.24) is 10.0 Å². The van der Waals surface area contributed by atoms with E-state index in [0.29, 0.717) is 12.1 Å². The summed E-state index contributed by atoms with van der Waals surface area (Å²) in [6, 6.07) is 1.21. The van der Waals surface area contributed by atoms with Gasteiger partial charge in [-0.25, -0.2) is 13.1 Å². The van der Waals surface area contributed by atoms with Crippen LogP contribution in [-0.2, 0) is 10.0 Å². The molecule has 0 spiro atoms. The molecular formula is C10H22N2O2S. The van der Waals surface area contributed by atoms with E-state index in [1.54, 1.807) is 0 Å². The smallest absolute Gasteiger partial charge is 0.208 e. The summed E-state index contributed by atoms with van der Waals surface area (Å²) in [4.78, 5) is 0. The molecule has 5 heteroatoms. The highest BCUT2D eigenvalue weighted by molar-refractivity contribution is 7.88. The maximum Gasteiger partial charge on any atom is 0.208 e. The minimum atomic E-state index is -3.03. The fraction of sp³-hybridized carbons (Fsp3) is 1.00. The van der Waals surface area contributed by atoms with Gasteiger partial charge in [0.05, 0.1) is 6.26 Å². The van der Waals surface area contributed by atoms with Gasteiger partial charge in [-0.15, -0.1) is 0 Å². The first kappa shape index (κ1) is 12.9. The molecular weight excluding hydrogens is 212 g/mol. The largest absolute Gasteiger partial charge is 0.312 e. The van der Waals surface area contributed by atoms with Crippen LogP contribution in [0.4, 0.5) is 0 Å². The minimum absolute atomic E-state index is 0.144. The van der Waals surface area contributed by atoms with Crippen LogP contribution in [0, 0.1) is 0 Å². The van der Waals surface area contributed by atoms with Gasteiger partial charge in [0.15, 0.2) is 0 Å². The van der Waals surface area contributed by atoms with Gasteiger partial charge in [-0.1, -0.05) is 13.8 Å². The standard InChI is InChI=1S/C10H22N2O2S/c1-8(2)11-9-4-6-10(7-5-9)12-15(3,13)14/h8-12H,4-7H2,1-3H3/t9-,10+. The molecule has 1 aliphatic carbocycles. The third-order valence-corrected chi connectivity index (χ3v) is 3.44. The number of sulfonamides is 1. The molecule has 0 aromatic rings. The number of nitrogens with one attached hydrogen (secondary N) is 2. The monoisotopic (exact) mass is 234 g/mol. The molecule has 0 heterocycles. The molecule has 1 fully saturated rings. The molecule has 0 radical (unpaired) electrons. The van der Waals surface area contributed by atoms with Crippen molar-refractivity contribution in [3.8, 4) is 0 Å². The van der Waals surface area contributed by atoms with Crippen LogP contribution >= 0.6 is 0 Å². The Morgan fingerprint density at radius 1 is 1.07 bits per heavy atom. The van der Waals surface area contributed by atoms with Crippen molar-refractivity contribution in [2.45, 2.75) is 57.7 Å². The maximum atomic E-state index is 11.0. The fourth-order valence-corrected chi connectivity index (χ4v) is 2.99. The zero-order valence-electron chi connectivity index (χ0n) is 9.79. The quantitative estimate of drug-likeness (QED) is 0.758. The Balaban J connectivity index is 2.30. The SMILES string of the molecule is CC(C)N[C@H]1CC[C@@H](NS(C)(=O)=O)CC1. The molecule has 0 aliphatic heterocycles. The van der Waals surface area contributed by atoms with Gasteiger partial charge >= 0.3 is 0 Å². The van der Waals surface area contributed by atoms with Crippen LogP contribution < -0.4 is 10.0 Å². The van der Waals surface area contributed by atoms with Crippen LogP contribution in [0.25, 0.3) is 0 Å². The van der Waals surface area contributed by atoms with E-state index in [9.17, 15) is 8.42 Å². The lowest BCUT2D eigenvalue weighted by Crippen LogP contribution is -2.43. The van der Waals surface area contributed by atoms with E-state index in [0.717, 1.165) is 25.7 Å². The van der Waals surface area contributed by atoms with Gasteiger partial charge in [-0.05, 0) is 25.7 Å². The zero-order valence-corrected chi connectivity index (χ0v) is 10.6. The topological polar surface area (TPSA) is 58.2 Å². The molecule has 15 heavy (non-hydrogen) atoms. The van der Waals surface area contributed by atoms with E-state index < -0.39 is 10.0 Å². The second-order valence-electron chi connectivity index (χ2n) is 4.76. The number of rotatable bonds is 4. The molecule has 1 aliphatic rings. The first-order valence-corrected chi connectivity index (χ1v) is 7.49. The first-order valence-electron chi connectivity index (χ1n) is 5.60. The van der Waals surface area contributed by atoms with Gasteiger partial charge in [0.25, 0.3) is 0 Å². The second kappa shape index (κ2) is 5.27. The number of hydrogen-bond acceptors (Lipinski definition) is 3. The van der Waals surface area contributed by atoms with Crippen LogP contribution in [0.1, 0.15) is 39.5 Å². The van der Waals surface area contributed by atoms with Gasteiger partial charge in [0.2, 0.25) is 10.0 Å². The van der Waals surface area contributed by atoms with Crippen LogP contribution in [0.3, 0.4) is 0 Å². The average Bonchev–Trinajstić information content (AvgIpc) is 2.05. The van der Waals surface area contributed by atoms with Crippen molar-refractivity contribution in [3.05, 3.63) is 0 Å². The molecule has 0 saturated heterocycles. The summed E-state index contributed by atoms with van der Waals surface area (Å²) >= 11 is 0. The molecule has 0 aromatic carbocycles. The van der Waals surface area contributed by atoms with Gasteiger partial charge in [0, 0.05) is 18.1 Å². The van der Waals surface area contributed by atoms with Crippen molar-refractivity contribution >= 4 is 10.0 Å². The van der Waals surface area contributed by atoms with E-state index >= 15 is 0 Å². The Morgan fingerprint density at radius 2 is 1.53 bits per heavy atom. The summed E-state index contributed by atoms with van der Waals surface area (Å²) in [5.41, 5.74) is 0. The van der Waals surface area contributed by atoms with Crippen molar-refractivity contribution < 1.29 is 8.42 Å². The van der Waals surface area contributed by atoms with E-state index in [4.69, 9.17) is 0 Å². The van der Waals surface area contributed by atoms with Crippen LogP contribution in [0.2, 0.25) is 0 Å². The predicted molar refractivity (Wildman–Crippen MR) is 62.3 cm³/mol. The van der Waals surface area contributed by atoms with Gasteiger partial charge < -0.3 is 5.32 Å². The molecule has 90 valence electrons. The Hall–Kier alpha value is -0.130. The van der Waals surface area contributed by atoms with Crippen LogP contribution in [-0.4, -0.2) is 32.8 Å². The summed E-state index contributed by atoms with van der Waals surface area (Å²) in [5, 5.41) is 3.49. The fourth-order valence-electron chi connectivity index (χ4n) is 2.15. The second-order valence-corrected chi connectivity index (χ2v) is 6.54. The summed E-state index contributed by atoms with van der Waals surface area (Å²) in [6.07, 6.45) is 5.23. The van der Waals surface area contributed by atoms with E-state index in [-0.39, 0.29) is 6.04 Å². The summed E-state index contributed by atoms with van der Waals surface area (Å²) in [7, 11) is -3.03. The molecule has 2 N–H and O–H groups in total. The molecule has 1 saturated carbocycles. The Bertz CT molecular complexity index is 280. The maximum absolute atomic E-state index is 11.0.